The molecule has 1 aliphatic carbocycles. The molecule has 1 fully saturated rings. The summed E-state index contributed by atoms with van der Waals surface area (Å²) >= 11 is 0. The average molecular weight is 471 g/mol. The van der Waals surface area contributed by atoms with Crippen LogP contribution in [-0.2, 0) is 15.0 Å². The predicted molar refractivity (Wildman–Crippen MR) is 127 cm³/mol. The van der Waals surface area contributed by atoms with Crippen LogP contribution in [-0.4, -0.2) is 19.3 Å². The second kappa shape index (κ2) is 9.44. The van der Waals surface area contributed by atoms with Crippen molar-refractivity contribution in [2.75, 3.05) is 10.0 Å². The van der Waals surface area contributed by atoms with Gasteiger partial charge < -0.3 is 5.32 Å². The van der Waals surface area contributed by atoms with Gasteiger partial charge in [-0.3, -0.25) is 14.5 Å². The number of benzene rings is 2. The number of hydrogen-bond acceptors (Lipinski definition) is 4. The summed E-state index contributed by atoms with van der Waals surface area (Å²) in [6.07, 6.45) is 5.48. The first-order valence-corrected chi connectivity index (χ1v) is 12.5. The van der Waals surface area contributed by atoms with Gasteiger partial charge in [0.25, 0.3) is 10.2 Å². The van der Waals surface area contributed by atoms with Gasteiger partial charge in [-0.15, -0.1) is 0 Å². The monoisotopic (exact) mass is 470 g/mol. The molecule has 2 aromatic carbocycles. The molecule has 0 aliphatic heterocycles. The number of pyridine rings is 1. The Morgan fingerprint density at radius 1 is 1.06 bits per heavy atom. The van der Waals surface area contributed by atoms with E-state index in [2.05, 4.69) is 15.0 Å². The topological polar surface area (TPSA) is 114 Å². The number of amides is 1. The Bertz CT molecular complexity index is 1260. The summed E-state index contributed by atoms with van der Waals surface area (Å²) in [5.74, 6) is 0.0862. The maximum atomic E-state index is 13.8. The Morgan fingerprint density at radius 3 is 2.39 bits per heavy atom. The van der Waals surface area contributed by atoms with Crippen LogP contribution in [0.3, 0.4) is 0 Å². The van der Waals surface area contributed by atoms with Crippen LogP contribution < -0.4 is 15.2 Å². The van der Waals surface area contributed by atoms with E-state index in [1.165, 1.54) is 18.2 Å². The van der Waals surface area contributed by atoms with Gasteiger partial charge in [0, 0.05) is 28.9 Å². The minimum absolute atomic E-state index is 0.0676. The number of carbonyl (C=O) groups excluding carboxylic acids is 1. The molecule has 3 aromatic rings. The number of carbonyl (C=O) groups is 1. The van der Waals surface area contributed by atoms with Gasteiger partial charge in [-0.1, -0.05) is 6.92 Å². The van der Waals surface area contributed by atoms with E-state index >= 15 is 0 Å². The van der Waals surface area contributed by atoms with Gasteiger partial charge in [-0.25, -0.2) is 9.53 Å². The molecule has 33 heavy (non-hydrogen) atoms. The lowest BCUT2D eigenvalue weighted by Crippen LogP contribution is -2.29. The molecule has 174 valence electrons. The number of hydrogen-bond donors (Lipinski definition) is 3. The molecule has 1 amide bonds. The van der Waals surface area contributed by atoms with E-state index in [1.54, 1.807) is 30.5 Å². The summed E-state index contributed by atoms with van der Waals surface area (Å²) < 4.78 is 38.2. The molecule has 1 unspecified atom stereocenters. The Labute approximate surface area is 192 Å². The molecular weight excluding hydrogens is 443 g/mol. The number of aromatic nitrogens is 1. The standard InChI is InChI=1S/C24H27FN4O3S/c1-15(24(30)28-19-7-9-20(10-8-19)29-33(26,31)32)16-2-4-17(5-3-16)21-12-13-27-23-11-6-18(25)14-22(21)23/h6-17,29H,2-5H2,1H3,(H,28,30)(H2,26,31,32)/t15?,16-,17+. The highest BCUT2D eigenvalue weighted by Gasteiger charge is 2.30. The second-order valence-corrected chi connectivity index (χ2v) is 9.97. The zero-order chi connectivity index (χ0) is 23.6. The van der Waals surface area contributed by atoms with Crippen molar-refractivity contribution in [3.8, 4) is 0 Å². The zero-order valence-electron chi connectivity index (χ0n) is 18.3. The van der Waals surface area contributed by atoms with Crippen LogP contribution in [0, 0.1) is 17.7 Å². The smallest absolute Gasteiger partial charge is 0.296 e. The number of nitrogens with one attached hydrogen (secondary N) is 2. The third kappa shape index (κ3) is 5.66. The van der Waals surface area contributed by atoms with Crippen molar-refractivity contribution in [1.29, 1.82) is 0 Å². The second-order valence-electron chi connectivity index (χ2n) is 8.68. The lowest BCUT2D eigenvalue weighted by Gasteiger charge is -2.32. The number of nitrogens with two attached hydrogens (primary N) is 1. The molecule has 0 radical (unpaired) electrons. The quantitative estimate of drug-likeness (QED) is 0.491. The highest BCUT2D eigenvalue weighted by atomic mass is 32.2. The largest absolute Gasteiger partial charge is 0.326 e. The maximum absolute atomic E-state index is 13.8. The van der Waals surface area contributed by atoms with Crippen molar-refractivity contribution < 1.29 is 17.6 Å². The van der Waals surface area contributed by atoms with Crippen molar-refractivity contribution in [1.82, 2.24) is 4.98 Å². The molecule has 9 heteroatoms. The van der Waals surface area contributed by atoms with E-state index in [9.17, 15) is 17.6 Å². The van der Waals surface area contributed by atoms with Crippen LogP contribution in [0.25, 0.3) is 10.9 Å². The van der Waals surface area contributed by atoms with Crippen LogP contribution in [0.1, 0.15) is 44.1 Å². The van der Waals surface area contributed by atoms with Crippen LogP contribution >= 0.6 is 0 Å². The van der Waals surface area contributed by atoms with Crippen molar-refractivity contribution in [3.63, 3.8) is 0 Å². The number of anilines is 2. The van der Waals surface area contributed by atoms with Gasteiger partial charge in [0.2, 0.25) is 5.91 Å². The van der Waals surface area contributed by atoms with E-state index in [4.69, 9.17) is 5.14 Å². The summed E-state index contributed by atoms with van der Waals surface area (Å²) in [5, 5.41) is 8.73. The van der Waals surface area contributed by atoms with Crippen LogP contribution in [0.15, 0.2) is 54.7 Å². The molecule has 4 rings (SSSR count). The molecule has 0 spiro atoms. The van der Waals surface area contributed by atoms with E-state index in [1.807, 2.05) is 13.0 Å². The van der Waals surface area contributed by atoms with E-state index in [0.29, 0.717) is 17.3 Å². The fourth-order valence-corrected chi connectivity index (χ4v) is 5.15. The molecule has 1 saturated carbocycles. The number of rotatable bonds is 6. The molecule has 0 saturated heterocycles. The first kappa shape index (κ1) is 23.1. The average Bonchev–Trinajstić information content (AvgIpc) is 2.78. The third-order valence-corrected chi connectivity index (χ3v) is 7.00. The summed E-state index contributed by atoms with van der Waals surface area (Å²) in [6.45, 7) is 1.94. The fourth-order valence-electron chi connectivity index (χ4n) is 4.68. The van der Waals surface area contributed by atoms with Gasteiger partial charge in [-0.2, -0.15) is 8.42 Å². The fraction of sp³-hybridized carbons (Fsp3) is 0.333. The normalized spacial score (nSPS) is 19.7. The summed E-state index contributed by atoms with van der Waals surface area (Å²) in [7, 11) is -3.84. The third-order valence-electron chi connectivity index (χ3n) is 6.48. The van der Waals surface area contributed by atoms with E-state index in [-0.39, 0.29) is 23.6 Å². The van der Waals surface area contributed by atoms with Gasteiger partial charge in [-0.05, 0) is 91.6 Å². The molecular formula is C24H27FN4O3S. The van der Waals surface area contributed by atoms with E-state index < -0.39 is 10.2 Å². The van der Waals surface area contributed by atoms with Crippen molar-refractivity contribution >= 4 is 38.4 Å². The lowest BCUT2D eigenvalue weighted by atomic mass is 9.73. The number of nitrogens with zero attached hydrogens (tertiary/aromatic N) is 1. The Morgan fingerprint density at radius 2 is 1.73 bits per heavy atom. The lowest BCUT2D eigenvalue weighted by molar-refractivity contribution is -0.121. The molecule has 1 aliphatic rings. The minimum Gasteiger partial charge on any atom is -0.326 e. The Kier molecular flexibility index (Phi) is 6.62. The van der Waals surface area contributed by atoms with Gasteiger partial charge in [0.1, 0.15) is 5.82 Å². The Hall–Kier alpha value is -3.04. The molecule has 1 heterocycles. The highest BCUT2D eigenvalue weighted by molar-refractivity contribution is 7.90. The van der Waals surface area contributed by atoms with Crippen molar-refractivity contribution in [2.24, 2.45) is 17.0 Å². The molecule has 7 nitrogen and oxygen atoms in total. The van der Waals surface area contributed by atoms with Crippen LogP contribution in [0.2, 0.25) is 0 Å². The summed E-state index contributed by atoms with van der Waals surface area (Å²) in [4.78, 5) is 17.1. The molecule has 0 bridgehead atoms. The molecule has 1 atom stereocenters. The number of fused-ring (bicyclic) bond motifs is 1. The number of halogens is 1. The Balaban J connectivity index is 1.36. The van der Waals surface area contributed by atoms with E-state index in [0.717, 1.165) is 42.1 Å². The van der Waals surface area contributed by atoms with Gasteiger partial charge >= 0.3 is 0 Å². The van der Waals surface area contributed by atoms with Gasteiger partial charge in [0.05, 0.1) is 5.52 Å². The van der Waals surface area contributed by atoms with Gasteiger partial charge in [0.15, 0.2) is 0 Å². The molecule has 1 aromatic heterocycles. The molecule has 4 N–H and O–H groups in total. The predicted octanol–water partition coefficient (Wildman–Crippen LogP) is 4.54. The summed E-state index contributed by atoms with van der Waals surface area (Å²) in [5.41, 5.74) is 2.84. The maximum Gasteiger partial charge on any atom is 0.296 e. The highest BCUT2D eigenvalue weighted by Crippen LogP contribution is 2.41. The first-order valence-electron chi connectivity index (χ1n) is 11.0. The summed E-state index contributed by atoms with van der Waals surface area (Å²) in [6, 6.07) is 13.0. The van der Waals surface area contributed by atoms with Crippen molar-refractivity contribution in [2.45, 2.75) is 38.5 Å². The van der Waals surface area contributed by atoms with Crippen molar-refractivity contribution in [3.05, 3.63) is 66.1 Å². The minimum atomic E-state index is -3.84. The zero-order valence-corrected chi connectivity index (χ0v) is 19.1. The van der Waals surface area contributed by atoms with Crippen LogP contribution in [0.5, 0.6) is 0 Å². The van der Waals surface area contributed by atoms with Crippen LogP contribution in [0.4, 0.5) is 15.8 Å². The SMILES string of the molecule is CC(C(=O)Nc1ccc(NS(N)(=O)=O)cc1)[C@H]1CC[C@@H](c2ccnc3ccc(F)cc32)CC1. The first-order chi connectivity index (χ1) is 15.7.